The van der Waals surface area contributed by atoms with Crippen LogP contribution < -0.4 is 5.32 Å². The Bertz CT molecular complexity index is 311. The largest absolute Gasteiger partial charge is 0.338 e. The molecule has 0 fully saturated rings. The van der Waals surface area contributed by atoms with Crippen LogP contribution in [-0.2, 0) is 4.79 Å². The van der Waals surface area contributed by atoms with Gasteiger partial charge in [-0.15, -0.1) is 11.3 Å². The molecule has 0 saturated heterocycles. The molecule has 1 aromatic rings. The number of carbonyl (C=O) groups excluding carboxylic acids is 1. The fourth-order valence-corrected chi connectivity index (χ4v) is 2.36. The first-order chi connectivity index (χ1) is 7.66. The fourth-order valence-electron chi connectivity index (χ4n) is 1.53. The van der Waals surface area contributed by atoms with Gasteiger partial charge in [-0.3, -0.25) is 4.79 Å². The second-order valence-electron chi connectivity index (χ2n) is 3.90. The van der Waals surface area contributed by atoms with Gasteiger partial charge in [-0.25, -0.2) is 0 Å². The summed E-state index contributed by atoms with van der Waals surface area (Å²) in [5.41, 5.74) is 0. The normalized spacial score (nSPS) is 12.4. The van der Waals surface area contributed by atoms with Gasteiger partial charge in [0.2, 0.25) is 5.91 Å². The highest BCUT2D eigenvalue weighted by atomic mass is 32.1. The number of carbonyl (C=O) groups is 1. The molecule has 90 valence electrons. The molecular weight excluding hydrogens is 220 g/mol. The van der Waals surface area contributed by atoms with Crippen LogP contribution in [-0.4, -0.2) is 31.4 Å². The van der Waals surface area contributed by atoms with Crippen LogP contribution in [0.5, 0.6) is 0 Å². The second-order valence-corrected chi connectivity index (χ2v) is 4.88. The smallest absolute Gasteiger partial charge is 0.222 e. The molecule has 0 aliphatic heterocycles. The van der Waals surface area contributed by atoms with Crippen LogP contribution in [0, 0.1) is 0 Å². The minimum absolute atomic E-state index is 0.182. The summed E-state index contributed by atoms with van der Waals surface area (Å²) in [7, 11) is 3.79. The third kappa shape index (κ3) is 3.61. The first kappa shape index (κ1) is 13.2. The van der Waals surface area contributed by atoms with E-state index >= 15 is 0 Å². The Morgan fingerprint density at radius 3 is 2.94 bits per heavy atom. The lowest BCUT2D eigenvalue weighted by Crippen LogP contribution is -2.29. The maximum atomic E-state index is 11.9. The van der Waals surface area contributed by atoms with Crippen LogP contribution in [0.25, 0.3) is 0 Å². The van der Waals surface area contributed by atoms with Crippen LogP contribution in [0.3, 0.4) is 0 Å². The van der Waals surface area contributed by atoms with E-state index in [9.17, 15) is 4.79 Å². The lowest BCUT2D eigenvalue weighted by atomic mass is 10.2. The summed E-state index contributed by atoms with van der Waals surface area (Å²) >= 11 is 1.70. The summed E-state index contributed by atoms with van der Waals surface area (Å²) in [6, 6.07) is 4.28. The number of nitrogens with one attached hydrogen (secondary N) is 1. The highest BCUT2D eigenvalue weighted by Gasteiger charge is 2.17. The van der Waals surface area contributed by atoms with E-state index in [0.717, 1.165) is 13.0 Å². The highest BCUT2D eigenvalue weighted by molar-refractivity contribution is 7.10. The van der Waals surface area contributed by atoms with Crippen molar-refractivity contribution in [3.05, 3.63) is 22.4 Å². The SMILES string of the molecule is CNCCCC(=O)N(C)C(C)c1cccs1. The Morgan fingerprint density at radius 1 is 1.62 bits per heavy atom. The molecule has 0 spiro atoms. The predicted molar refractivity (Wildman–Crippen MR) is 68.7 cm³/mol. The molecule has 3 nitrogen and oxygen atoms in total. The topological polar surface area (TPSA) is 32.3 Å². The number of nitrogens with zero attached hydrogens (tertiary/aromatic N) is 1. The molecule has 0 saturated carbocycles. The van der Waals surface area contributed by atoms with Crippen molar-refractivity contribution in [2.24, 2.45) is 0 Å². The van der Waals surface area contributed by atoms with Gasteiger partial charge < -0.3 is 10.2 Å². The fraction of sp³-hybridized carbons (Fsp3) is 0.583. The van der Waals surface area contributed by atoms with E-state index in [-0.39, 0.29) is 11.9 Å². The molecule has 0 bridgehead atoms. The number of thiophene rings is 1. The average molecular weight is 240 g/mol. The molecule has 0 aliphatic carbocycles. The van der Waals surface area contributed by atoms with Gasteiger partial charge in [-0.2, -0.15) is 0 Å². The molecule has 1 aromatic heterocycles. The summed E-state index contributed by atoms with van der Waals surface area (Å²) in [5.74, 6) is 0.219. The predicted octanol–water partition coefficient (Wildman–Crippen LogP) is 2.27. The molecular formula is C12H20N2OS. The molecule has 1 atom stereocenters. The summed E-state index contributed by atoms with van der Waals surface area (Å²) < 4.78 is 0. The van der Waals surface area contributed by atoms with Crippen molar-refractivity contribution in [1.82, 2.24) is 10.2 Å². The Kier molecular flexibility index (Phi) is 5.49. The van der Waals surface area contributed by atoms with E-state index in [1.807, 2.05) is 30.4 Å². The third-order valence-electron chi connectivity index (χ3n) is 2.75. The van der Waals surface area contributed by atoms with Crippen LogP contribution >= 0.6 is 11.3 Å². The molecule has 0 aliphatic rings. The van der Waals surface area contributed by atoms with Crippen LogP contribution in [0.1, 0.15) is 30.7 Å². The molecule has 4 heteroatoms. The van der Waals surface area contributed by atoms with Crippen molar-refractivity contribution in [3.63, 3.8) is 0 Å². The second kappa shape index (κ2) is 6.66. The molecule has 1 amide bonds. The molecule has 1 heterocycles. The zero-order chi connectivity index (χ0) is 12.0. The Morgan fingerprint density at radius 2 is 2.38 bits per heavy atom. The summed E-state index contributed by atoms with van der Waals surface area (Å²) in [6.07, 6.45) is 1.52. The van der Waals surface area contributed by atoms with Crippen molar-refractivity contribution in [3.8, 4) is 0 Å². The molecule has 0 aromatic carbocycles. The van der Waals surface area contributed by atoms with Crippen LogP contribution in [0.4, 0.5) is 0 Å². The van der Waals surface area contributed by atoms with E-state index in [0.29, 0.717) is 6.42 Å². The van der Waals surface area contributed by atoms with Crippen molar-refractivity contribution < 1.29 is 4.79 Å². The van der Waals surface area contributed by atoms with Gasteiger partial charge in [-0.1, -0.05) is 6.07 Å². The first-order valence-electron chi connectivity index (χ1n) is 5.60. The Labute approximate surface area is 101 Å². The van der Waals surface area contributed by atoms with Crippen LogP contribution in [0.15, 0.2) is 17.5 Å². The molecule has 1 rings (SSSR count). The summed E-state index contributed by atoms with van der Waals surface area (Å²) in [5, 5.41) is 5.10. The number of hydrogen-bond donors (Lipinski definition) is 1. The van der Waals surface area contributed by atoms with Crippen LogP contribution in [0.2, 0.25) is 0 Å². The first-order valence-corrected chi connectivity index (χ1v) is 6.48. The van der Waals surface area contributed by atoms with E-state index in [1.165, 1.54) is 4.88 Å². The molecule has 1 unspecified atom stereocenters. The monoisotopic (exact) mass is 240 g/mol. The van der Waals surface area contributed by atoms with E-state index in [1.54, 1.807) is 11.3 Å². The Hall–Kier alpha value is -0.870. The molecule has 0 radical (unpaired) electrons. The standard InChI is InChI=1S/C12H20N2OS/c1-10(11-6-5-9-16-11)14(3)12(15)7-4-8-13-2/h5-6,9-10,13H,4,7-8H2,1-3H3. The van der Waals surface area contributed by atoms with Gasteiger partial charge in [-0.05, 0) is 38.4 Å². The average Bonchev–Trinajstić information content (AvgIpc) is 2.80. The maximum Gasteiger partial charge on any atom is 0.222 e. The third-order valence-corrected chi connectivity index (χ3v) is 3.79. The van der Waals surface area contributed by atoms with Gasteiger partial charge in [0.1, 0.15) is 0 Å². The van der Waals surface area contributed by atoms with Gasteiger partial charge in [0.25, 0.3) is 0 Å². The minimum Gasteiger partial charge on any atom is -0.338 e. The number of amides is 1. The quantitative estimate of drug-likeness (QED) is 0.774. The van der Waals surface area contributed by atoms with E-state index in [4.69, 9.17) is 0 Å². The zero-order valence-corrected chi connectivity index (χ0v) is 11.0. The van der Waals surface area contributed by atoms with Gasteiger partial charge in [0.15, 0.2) is 0 Å². The Balaban J connectivity index is 2.44. The van der Waals surface area contributed by atoms with Crippen molar-refractivity contribution in [2.45, 2.75) is 25.8 Å². The van der Waals surface area contributed by atoms with Gasteiger partial charge in [0, 0.05) is 18.3 Å². The zero-order valence-electron chi connectivity index (χ0n) is 10.2. The van der Waals surface area contributed by atoms with Gasteiger partial charge in [0.05, 0.1) is 6.04 Å². The van der Waals surface area contributed by atoms with Crippen molar-refractivity contribution in [2.75, 3.05) is 20.6 Å². The summed E-state index contributed by atoms with van der Waals surface area (Å²) in [6.45, 7) is 2.97. The number of hydrogen-bond acceptors (Lipinski definition) is 3. The minimum atomic E-state index is 0.182. The number of rotatable bonds is 6. The highest BCUT2D eigenvalue weighted by Crippen LogP contribution is 2.23. The lowest BCUT2D eigenvalue weighted by Gasteiger charge is -2.24. The van der Waals surface area contributed by atoms with E-state index < -0.39 is 0 Å². The van der Waals surface area contributed by atoms with Crippen molar-refractivity contribution >= 4 is 17.2 Å². The van der Waals surface area contributed by atoms with Gasteiger partial charge >= 0.3 is 0 Å². The molecule has 1 N–H and O–H groups in total. The summed E-state index contributed by atoms with van der Waals surface area (Å²) in [4.78, 5) is 14.9. The maximum absolute atomic E-state index is 11.9. The van der Waals surface area contributed by atoms with Crippen molar-refractivity contribution in [1.29, 1.82) is 0 Å². The lowest BCUT2D eigenvalue weighted by molar-refractivity contribution is -0.131. The molecule has 16 heavy (non-hydrogen) atoms. The van der Waals surface area contributed by atoms with E-state index in [2.05, 4.69) is 18.3 Å².